The second-order valence-corrected chi connectivity index (χ2v) is 2.95. The summed E-state index contributed by atoms with van der Waals surface area (Å²) in [7, 11) is 0. The van der Waals surface area contributed by atoms with E-state index in [2.05, 4.69) is 0 Å². The highest BCUT2D eigenvalue weighted by molar-refractivity contribution is 5.65. The fraction of sp³-hybridized carbons (Fsp3) is 0.182. The molecule has 66 valence electrons. The van der Waals surface area contributed by atoms with Gasteiger partial charge in [-0.1, -0.05) is 30.3 Å². The average Bonchev–Trinajstić information content (AvgIpc) is 2.95. The minimum absolute atomic E-state index is 0.0904. The van der Waals surface area contributed by atoms with E-state index in [1.807, 2.05) is 30.3 Å². The molecule has 0 saturated carbocycles. The van der Waals surface area contributed by atoms with Crippen molar-refractivity contribution in [1.29, 1.82) is 0 Å². The summed E-state index contributed by atoms with van der Waals surface area (Å²) in [6.07, 6.45) is 4.27. The van der Waals surface area contributed by atoms with Gasteiger partial charge in [-0.2, -0.15) is 0 Å². The Bertz CT molecular complexity index is 316. The van der Waals surface area contributed by atoms with E-state index >= 15 is 0 Å². The standard InChI is InChI=1S/C11H10O2/c12-8-4-7-10-11(13-10)9-5-2-1-3-6-9/h1-8,10-11H/b7-4+/t10-,11-/m1/s1. The van der Waals surface area contributed by atoms with Gasteiger partial charge < -0.3 is 4.74 Å². The minimum Gasteiger partial charge on any atom is -0.360 e. The lowest BCUT2D eigenvalue weighted by atomic mass is 10.1. The Balaban J connectivity index is 2.00. The van der Waals surface area contributed by atoms with Crippen LogP contribution in [0.4, 0.5) is 0 Å². The highest BCUT2D eigenvalue weighted by atomic mass is 16.6. The minimum atomic E-state index is 0.0904. The molecular formula is C11H10O2. The summed E-state index contributed by atoms with van der Waals surface area (Å²) >= 11 is 0. The van der Waals surface area contributed by atoms with Crippen molar-refractivity contribution in [1.82, 2.24) is 0 Å². The summed E-state index contributed by atoms with van der Waals surface area (Å²) in [5.74, 6) is 0. The van der Waals surface area contributed by atoms with E-state index in [-0.39, 0.29) is 12.2 Å². The van der Waals surface area contributed by atoms with Gasteiger partial charge in [-0.05, 0) is 17.7 Å². The van der Waals surface area contributed by atoms with Crippen LogP contribution in [0.3, 0.4) is 0 Å². The van der Waals surface area contributed by atoms with E-state index in [0.717, 1.165) is 6.29 Å². The molecule has 1 fully saturated rings. The molecule has 1 aliphatic rings. The zero-order chi connectivity index (χ0) is 9.10. The van der Waals surface area contributed by atoms with Crippen molar-refractivity contribution in [3.8, 4) is 0 Å². The van der Waals surface area contributed by atoms with Gasteiger partial charge in [-0.3, -0.25) is 4.79 Å². The van der Waals surface area contributed by atoms with E-state index in [1.54, 1.807) is 6.08 Å². The molecule has 0 amide bonds. The molecule has 2 rings (SSSR count). The van der Waals surface area contributed by atoms with Crippen LogP contribution in [-0.2, 0) is 9.53 Å². The Morgan fingerprint density at radius 2 is 2.00 bits per heavy atom. The summed E-state index contributed by atoms with van der Waals surface area (Å²) in [5.41, 5.74) is 1.17. The Morgan fingerprint density at radius 1 is 1.23 bits per heavy atom. The number of hydrogen-bond donors (Lipinski definition) is 0. The van der Waals surface area contributed by atoms with Gasteiger partial charge in [-0.15, -0.1) is 0 Å². The maximum atomic E-state index is 10.0. The van der Waals surface area contributed by atoms with E-state index < -0.39 is 0 Å². The maximum absolute atomic E-state index is 10.0. The number of rotatable bonds is 3. The quantitative estimate of drug-likeness (QED) is 0.398. The molecule has 13 heavy (non-hydrogen) atoms. The topological polar surface area (TPSA) is 29.6 Å². The van der Waals surface area contributed by atoms with Crippen LogP contribution in [0.15, 0.2) is 42.5 Å². The molecule has 1 aromatic rings. The molecule has 0 bridgehead atoms. The molecule has 1 heterocycles. The largest absolute Gasteiger partial charge is 0.360 e. The van der Waals surface area contributed by atoms with E-state index in [0.29, 0.717) is 0 Å². The lowest BCUT2D eigenvalue weighted by Crippen LogP contribution is -1.83. The van der Waals surface area contributed by atoms with Crippen molar-refractivity contribution in [3.63, 3.8) is 0 Å². The predicted octanol–water partition coefficient (Wildman–Crippen LogP) is 1.88. The van der Waals surface area contributed by atoms with Crippen LogP contribution in [0, 0.1) is 0 Å². The Morgan fingerprint density at radius 3 is 2.69 bits per heavy atom. The van der Waals surface area contributed by atoms with Crippen LogP contribution < -0.4 is 0 Å². The first-order chi connectivity index (χ1) is 6.42. The van der Waals surface area contributed by atoms with Crippen molar-refractivity contribution in [2.75, 3.05) is 0 Å². The van der Waals surface area contributed by atoms with Gasteiger partial charge >= 0.3 is 0 Å². The van der Waals surface area contributed by atoms with Gasteiger partial charge in [-0.25, -0.2) is 0 Å². The van der Waals surface area contributed by atoms with Gasteiger partial charge in [0.15, 0.2) is 0 Å². The third-order valence-corrected chi connectivity index (χ3v) is 2.03. The molecule has 1 aromatic carbocycles. The van der Waals surface area contributed by atoms with Crippen molar-refractivity contribution < 1.29 is 9.53 Å². The maximum Gasteiger partial charge on any atom is 0.142 e. The number of allylic oxidation sites excluding steroid dienone is 1. The molecule has 0 radical (unpaired) electrons. The van der Waals surface area contributed by atoms with E-state index in [9.17, 15) is 4.79 Å². The fourth-order valence-corrected chi connectivity index (χ4v) is 1.34. The molecule has 1 saturated heterocycles. The van der Waals surface area contributed by atoms with Crippen LogP contribution >= 0.6 is 0 Å². The highest BCUT2D eigenvalue weighted by Crippen LogP contribution is 2.39. The number of benzene rings is 1. The third-order valence-electron chi connectivity index (χ3n) is 2.03. The molecule has 0 aromatic heterocycles. The molecule has 2 nitrogen and oxygen atoms in total. The van der Waals surface area contributed by atoms with Crippen molar-refractivity contribution in [2.24, 2.45) is 0 Å². The zero-order valence-electron chi connectivity index (χ0n) is 7.09. The SMILES string of the molecule is O=C/C=C/[C@H]1O[C@@H]1c1ccccc1. The fourth-order valence-electron chi connectivity index (χ4n) is 1.34. The number of ether oxygens (including phenoxy) is 1. The smallest absolute Gasteiger partial charge is 0.142 e. The van der Waals surface area contributed by atoms with Crippen LogP contribution in [0.5, 0.6) is 0 Å². The van der Waals surface area contributed by atoms with Gasteiger partial charge in [0.1, 0.15) is 18.5 Å². The van der Waals surface area contributed by atoms with E-state index in [1.165, 1.54) is 11.6 Å². The Labute approximate surface area is 76.8 Å². The number of hydrogen-bond acceptors (Lipinski definition) is 2. The van der Waals surface area contributed by atoms with E-state index in [4.69, 9.17) is 4.74 Å². The normalized spacial score (nSPS) is 26.2. The summed E-state index contributed by atoms with van der Waals surface area (Å²) in [6.45, 7) is 0. The first kappa shape index (κ1) is 8.20. The monoisotopic (exact) mass is 174 g/mol. The Kier molecular flexibility index (Phi) is 2.23. The molecule has 0 N–H and O–H groups in total. The van der Waals surface area contributed by atoms with Gasteiger partial charge in [0.25, 0.3) is 0 Å². The van der Waals surface area contributed by atoms with Crippen molar-refractivity contribution in [2.45, 2.75) is 12.2 Å². The van der Waals surface area contributed by atoms with Crippen molar-refractivity contribution >= 4 is 6.29 Å². The first-order valence-corrected chi connectivity index (χ1v) is 4.24. The third kappa shape index (κ3) is 1.84. The lowest BCUT2D eigenvalue weighted by Gasteiger charge is -1.91. The summed E-state index contributed by atoms with van der Waals surface area (Å²) in [6, 6.07) is 10.00. The summed E-state index contributed by atoms with van der Waals surface area (Å²) in [4.78, 5) is 10.0. The number of aldehydes is 1. The van der Waals surface area contributed by atoms with Crippen LogP contribution in [0.1, 0.15) is 11.7 Å². The van der Waals surface area contributed by atoms with Crippen LogP contribution in [0.25, 0.3) is 0 Å². The molecule has 0 aliphatic carbocycles. The predicted molar refractivity (Wildman–Crippen MR) is 49.3 cm³/mol. The zero-order valence-corrected chi connectivity index (χ0v) is 7.09. The number of carbonyl (C=O) groups is 1. The lowest BCUT2D eigenvalue weighted by molar-refractivity contribution is -0.104. The van der Waals surface area contributed by atoms with Crippen LogP contribution in [0.2, 0.25) is 0 Å². The number of carbonyl (C=O) groups excluding carboxylic acids is 1. The first-order valence-electron chi connectivity index (χ1n) is 4.24. The molecule has 0 spiro atoms. The molecule has 2 heteroatoms. The van der Waals surface area contributed by atoms with Crippen LogP contribution in [-0.4, -0.2) is 12.4 Å². The second-order valence-electron chi connectivity index (χ2n) is 2.95. The molecular weight excluding hydrogens is 164 g/mol. The Hall–Kier alpha value is -1.41. The van der Waals surface area contributed by atoms with Gasteiger partial charge in [0.05, 0.1) is 0 Å². The molecule has 1 aliphatic heterocycles. The number of epoxide rings is 1. The van der Waals surface area contributed by atoms with Gasteiger partial charge in [0, 0.05) is 0 Å². The summed E-state index contributed by atoms with van der Waals surface area (Å²) in [5, 5.41) is 0. The second kappa shape index (κ2) is 3.54. The molecule has 0 unspecified atom stereocenters. The summed E-state index contributed by atoms with van der Waals surface area (Å²) < 4.78 is 5.36. The highest BCUT2D eigenvalue weighted by Gasteiger charge is 2.37. The molecule has 2 atom stereocenters. The van der Waals surface area contributed by atoms with Gasteiger partial charge in [0.2, 0.25) is 0 Å². The van der Waals surface area contributed by atoms with Crippen molar-refractivity contribution in [3.05, 3.63) is 48.0 Å². The average molecular weight is 174 g/mol.